The van der Waals surface area contributed by atoms with E-state index in [1.54, 1.807) is 6.07 Å². The maximum Gasteiger partial charge on any atom is 0.335 e. The molecule has 1 aromatic carbocycles. The van der Waals surface area contributed by atoms with Crippen LogP contribution in [0.5, 0.6) is 11.5 Å². The Hall–Kier alpha value is -1.79. The molecule has 0 aliphatic carbocycles. The van der Waals surface area contributed by atoms with E-state index >= 15 is 0 Å². The molecule has 6 nitrogen and oxygen atoms in total. The minimum Gasteiger partial charge on any atom is -0.485 e. The van der Waals surface area contributed by atoms with Crippen LogP contribution >= 0.6 is 0 Å². The van der Waals surface area contributed by atoms with E-state index < -0.39 is 5.97 Å². The van der Waals surface area contributed by atoms with Gasteiger partial charge in [0.25, 0.3) is 0 Å². The van der Waals surface area contributed by atoms with Gasteiger partial charge >= 0.3 is 5.97 Å². The molecule has 0 atom stereocenters. The van der Waals surface area contributed by atoms with Crippen LogP contribution in [0.1, 0.15) is 10.4 Å². The average molecular weight is 266 g/mol. The van der Waals surface area contributed by atoms with Crippen LogP contribution in [0, 0.1) is 0 Å². The third-order valence-corrected chi connectivity index (χ3v) is 2.95. The van der Waals surface area contributed by atoms with Gasteiger partial charge in [0.1, 0.15) is 23.7 Å². The molecule has 6 heteroatoms. The van der Waals surface area contributed by atoms with Gasteiger partial charge in [-0.25, -0.2) is 4.79 Å². The molecule has 0 amide bonds. The second-order valence-corrected chi connectivity index (χ2v) is 4.55. The lowest BCUT2D eigenvalue weighted by molar-refractivity contribution is -0.0825. The Morgan fingerprint density at radius 3 is 1.79 bits per heavy atom. The van der Waals surface area contributed by atoms with Crippen molar-refractivity contribution in [2.45, 2.75) is 12.2 Å². The highest BCUT2D eigenvalue weighted by molar-refractivity contribution is 5.88. The molecular weight excluding hydrogens is 252 g/mol. The van der Waals surface area contributed by atoms with Gasteiger partial charge in [-0.15, -0.1) is 0 Å². The van der Waals surface area contributed by atoms with Crippen LogP contribution in [0.15, 0.2) is 18.2 Å². The van der Waals surface area contributed by atoms with Gasteiger partial charge in [0, 0.05) is 6.07 Å². The summed E-state index contributed by atoms with van der Waals surface area (Å²) in [6.07, 6.45) is -0.0205. The van der Waals surface area contributed by atoms with E-state index in [1.807, 2.05) is 0 Å². The molecule has 3 rings (SSSR count). The molecule has 2 fully saturated rings. The molecule has 2 aliphatic heterocycles. The number of rotatable bonds is 5. The first kappa shape index (κ1) is 12.3. The highest BCUT2D eigenvalue weighted by Crippen LogP contribution is 2.26. The first-order chi connectivity index (χ1) is 9.20. The lowest BCUT2D eigenvalue weighted by Gasteiger charge is -2.28. The Morgan fingerprint density at radius 1 is 1.00 bits per heavy atom. The topological polar surface area (TPSA) is 74.2 Å². The van der Waals surface area contributed by atoms with Gasteiger partial charge in [0.15, 0.2) is 0 Å². The monoisotopic (exact) mass is 266 g/mol. The van der Waals surface area contributed by atoms with Crippen molar-refractivity contribution in [3.63, 3.8) is 0 Å². The SMILES string of the molecule is O=C(O)c1cc(OC2COC2)cc(OC2COC2)c1. The van der Waals surface area contributed by atoms with Crippen molar-refractivity contribution < 1.29 is 28.8 Å². The fourth-order valence-corrected chi connectivity index (χ4v) is 1.78. The van der Waals surface area contributed by atoms with Crippen LogP contribution in [-0.2, 0) is 9.47 Å². The lowest BCUT2D eigenvalue weighted by Crippen LogP contribution is -2.39. The molecule has 0 aromatic heterocycles. The number of ether oxygens (including phenoxy) is 4. The van der Waals surface area contributed by atoms with Crippen molar-refractivity contribution in [2.24, 2.45) is 0 Å². The Bertz CT molecular complexity index is 444. The molecule has 0 bridgehead atoms. The summed E-state index contributed by atoms with van der Waals surface area (Å²) in [7, 11) is 0. The molecule has 1 aromatic rings. The quantitative estimate of drug-likeness (QED) is 0.855. The van der Waals surface area contributed by atoms with Gasteiger partial charge in [-0.2, -0.15) is 0 Å². The smallest absolute Gasteiger partial charge is 0.335 e. The number of benzene rings is 1. The summed E-state index contributed by atoms with van der Waals surface area (Å²) in [5, 5.41) is 9.08. The molecule has 102 valence electrons. The van der Waals surface area contributed by atoms with Gasteiger partial charge in [-0.1, -0.05) is 0 Å². The lowest BCUT2D eigenvalue weighted by atomic mass is 10.2. The molecule has 0 unspecified atom stereocenters. The second-order valence-electron chi connectivity index (χ2n) is 4.55. The highest BCUT2D eigenvalue weighted by atomic mass is 16.6. The Labute approximate surface area is 109 Å². The van der Waals surface area contributed by atoms with Crippen LogP contribution in [0.3, 0.4) is 0 Å². The van der Waals surface area contributed by atoms with Gasteiger partial charge in [-0.3, -0.25) is 0 Å². The largest absolute Gasteiger partial charge is 0.485 e. The van der Waals surface area contributed by atoms with E-state index in [0.29, 0.717) is 37.9 Å². The minimum atomic E-state index is -1.01. The number of hydrogen-bond donors (Lipinski definition) is 1. The zero-order valence-electron chi connectivity index (χ0n) is 10.2. The van der Waals surface area contributed by atoms with Crippen LogP contribution in [0.2, 0.25) is 0 Å². The zero-order chi connectivity index (χ0) is 13.2. The van der Waals surface area contributed by atoms with Crippen molar-refractivity contribution in [2.75, 3.05) is 26.4 Å². The Balaban J connectivity index is 1.78. The number of carboxylic acids is 1. The number of carboxylic acid groups (broad SMARTS) is 1. The van der Waals surface area contributed by atoms with Crippen LogP contribution < -0.4 is 9.47 Å². The first-order valence-corrected chi connectivity index (χ1v) is 6.08. The van der Waals surface area contributed by atoms with Crippen molar-refractivity contribution in [3.8, 4) is 11.5 Å². The van der Waals surface area contributed by atoms with Crippen LogP contribution in [-0.4, -0.2) is 49.7 Å². The standard InChI is InChI=1S/C13H14O6/c14-13(15)8-1-9(18-11-4-16-5-11)3-10(2-8)19-12-6-17-7-12/h1-3,11-12H,4-7H2,(H,14,15). The van der Waals surface area contributed by atoms with Gasteiger partial charge in [0.2, 0.25) is 0 Å². The molecule has 2 saturated heterocycles. The van der Waals surface area contributed by atoms with Crippen LogP contribution in [0.4, 0.5) is 0 Å². The summed E-state index contributed by atoms with van der Waals surface area (Å²) in [6.45, 7) is 2.13. The highest BCUT2D eigenvalue weighted by Gasteiger charge is 2.23. The summed E-state index contributed by atoms with van der Waals surface area (Å²) in [6, 6.07) is 4.68. The molecule has 0 saturated carbocycles. The van der Waals surface area contributed by atoms with E-state index in [-0.39, 0.29) is 17.8 Å². The van der Waals surface area contributed by atoms with E-state index in [9.17, 15) is 4.79 Å². The van der Waals surface area contributed by atoms with E-state index in [0.717, 1.165) is 0 Å². The molecule has 0 radical (unpaired) electrons. The zero-order valence-corrected chi connectivity index (χ0v) is 10.2. The molecule has 19 heavy (non-hydrogen) atoms. The third kappa shape index (κ3) is 2.80. The first-order valence-electron chi connectivity index (χ1n) is 6.08. The Kier molecular flexibility index (Phi) is 3.27. The number of carbonyl (C=O) groups is 1. The van der Waals surface area contributed by atoms with Crippen LogP contribution in [0.25, 0.3) is 0 Å². The Morgan fingerprint density at radius 2 is 1.47 bits per heavy atom. The summed E-state index contributed by atoms with van der Waals surface area (Å²) in [5.74, 6) is -0.0306. The van der Waals surface area contributed by atoms with Gasteiger partial charge in [0.05, 0.1) is 32.0 Å². The van der Waals surface area contributed by atoms with Crippen molar-refractivity contribution >= 4 is 5.97 Å². The van der Waals surface area contributed by atoms with E-state index in [4.69, 9.17) is 24.1 Å². The fraction of sp³-hybridized carbons (Fsp3) is 0.462. The predicted octanol–water partition coefficient (Wildman–Crippen LogP) is 0.940. The molecule has 2 heterocycles. The van der Waals surface area contributed by atoms with Gasteiger partial charge < -0.3 is 24.1 Å². The number of hydrogen-bond acceptors (Lipinski definition) is 5. The molecule has 1 N–H and O–H groups in total. The summed E-state index contributed by atoms with van der Waals surface area (Å²) in [5.41, 5.74) is 0.146. The second kappa shape index (κ2) is 5.07. The van der Waals surface area contributed by atoms with E-state index in [2.05, 4.69) is 0 Å². The van der Waals surface area contributed by atoms with E-state index in [1.165, 1.54) is 12.1 Å². The summed E-state index contributed by atoms with van der Waals surface area (Å²) < 4.78 is 21.3. The molecular formula is C13H14O6. The normalized spacial score (nSPS) is 19.4. The van der Waals surface area contributed by atoms with Crippen molar-refractivity contribution in [3.05, 3.63) is 23.8 Å². The minimum absolute atomic E-state index is 0.0102. The van der Waals surface area contributed by atoms with Gasteiger partial charge in [-0.05, 0) is 12.1 Å². The third-order valence-electron chi connectivity index (χ3n) is 2.95. The maximum atomic E-state index is 11.1. The maximum absolute atomic E-state index is 11.1. The molecule has 0 spiro atoms. The fourth-order valence-electron chi connectivity index (χ4n) is 1.78. The molecule has 2 aliphatic rings. The summed E-state index contributed by atoms with van der Waals surface area (Å²) in [4.78, 5) is 11.1. The van der Waals surface area contributed by atoms with Crippen molar-refractivity contribution in [1.29, 1.82) is 0 Å². The predicted molar refractivity (Wildman–Crippen MR) is 63.9 cm³/mol. The summed E-state index contributed by atoms with van der Waals surface area (Å²) >= 11 is 0. The number of aromatic carboxylic acids is 1. The average Bonchev–Trinajstić information content (AvgIpc) is 2.28. The van der Waals surface area contributed by atoms with Crippen molar-refractivity contribution in [1.82, 2.24) is 0 Å².